The van der Waals surface area contributed by atoms with Crippen LogP contribution in [0.5, 0.6) is 0 Å². The zero-order chi connectivity index (χ0) is 7.56. The molecule has 0 aliphatic heterocycles. The fraction of sp³-hybridized carbons (Fsp3) is 0.333. The van der Waals surface area contributed by atoms with Crippen LogP contribution in [-0.2, 0) is 0 Å². The highest BCUT2D eigenvalue weighted by atomic mass is 15.3. The van der Waals surface area contributed by atoms with Gasteiger partial charge in [-0.1, -0.05) is 0 Å². The second-order valence-electron chi connectivity index (χ2n) is 1.96. The summed E-state index contributed by atoms with van der Waals surface area (Å²) in [6.07, 6.45) is 3.39. The molecule has 0 bridgehead atoms. The largest absolute Gasteiger partial charge is 0.385 e. The van der Waals surface area contributed by atoms with Crippen molar-refractivity contribution < 1.29 is 0 Å². The molecular formula is C6H10N4. The number of nitrogens with two attached hydrogens (primary N) is 1. The van der Waals surface area contributed by atoms with E-state index in [0.29, 0.717) is 5.82 Å². The Morgan fingerprint density at radius 3 is 2.90 bits per heavy atom. The number of hydrogen-bond acceptors (Lipinski definition) is 3. The summed E-state index contributed by atoms with van der Waals surface area (Å²) in [6.45, 7) is 3.72. The molecule has 4 nitrogen and oxygen atoms in total. The van der Waals surface area contributed by atoms with E-state index in [1.54, 1.807) is 17.0 Å². The lowest BCUT2D eigenvalue weighted by atomic mass is 10.5. The monoisotopic (exact) mass is 138 g/mol. The summed E-state index contributed by atoms with van der Waals surface area (Å²) < 4.78 is 1.72. The number of rotatable bonds is 1. The van der Waals surface area contributed by atoms with Gasteiger partial charge >= 0.3 is 0 Å². The fourth-order valence-electron chi connectivity index (χ4n) is 0.685. The summed E-state index contributed by atoms with van der Waals surface area (Å²) in [4.78, 5) is 0. The molecule has 0 aliphatic rings. The van der Waals surface area contributed by atoms with Crippen molar-refractivity contribution in [2.24, 2.45) is 5.73 Å². The van der Waals surface area contributed by atoms with Gasteiger partial charge in [0.05, 0.1) is 0 Å². The maximum atomic E-state index is 5.58. The maximum Gasteiger partial charge on any atom is 0.135 e. The van der Waals surface area contributed by atoms with Crippen molar-refractivity contribution in [2.45, 2.75) is 13.8 Å². The molecule has 0 saturated carbocycles. The van der Waals surface area contributed by atoms with E-state index in [-0.39, 0.29) is 0 Å². The summed E-state index contributed by atoms with van der Waals surface area (Å²) in [5.41, 5.74) is 5.58. The average molecular weight is 138 g/mol. The molecule has 1 aromatic rings. The van der Waals surface area contributed by atoms with Crippen molar-refractivity contribution in [2.75, 3.05) is 0 Å². The van der Waals surface area contributed by atoms with E-state index >= 15 is 0 Å². The molecule has 0 aromatic carbocycles. The molecule has 1 heterocycles. The van der Waals surface area contributed by atoms with Gasteiger partial charge in [-0.15, -0.1) is 10.2 Å². The van der Waals surface area contributed by atoms with Crippen molar-refractivity contribution in [1.29, 1.82) is 0 Å². The van der Waals surface area contributed by atoms with Gasteiger partial charge in [-0.2, -0.15) is 0 Å². The number of aryl methyl sites for hydroxylation is 1. The zero-order valence-corrected chi connectivity index (χ0v) is 6.07. The summed E-state index contributed by atoms with van der Waals surface area (Å²) in [5, 5.41) is 7.46. The Labute approximate surface area is 59.4 Å². The van der Waals surface area contributed by atoms with E-state index in [1.165, 1.54) is 0 Å². The van der Waals surface area contributed by atoms with Gasteiger partial charge in [-0.05, 0) is 19.9 Å². The van der Waals surface area contributed by atoms with E-state index < -0.39 is 0 Å². The first-order valence-electron chi connectivity index (χ1n) is 3.04. The lowest BCUT2D eigenvalue weighted by Crippen LogP contribution is -2.06. The zero-order valence-electron chi connectivity index (χ0n) is 6.07. The first-order chi connectivity index (χ1) is 4.75. The van der Waals surface area contributed by atoms with Crippen LogP contribution in [0.4, 0.5) is 0 Å². The molecular weight excluding hydrogens is 128 g/mol. The Kier molecular flexibility index (Phi) is 1.71. The normalized spacial score (nSPS) is 12.0. The standard InChI is InChI=1S/C6H10N4/c1-3-6(7)10-4-8-9-5(10)2/h3-4H,7H2,1-2H3. The maximum absolute atomic E-state index is 5.58. The molecule has 10 heavy (non-hydrogen) atoms. The van der Waals surface area contributed by atoms with E-state index in [2.05, 4.69) is 10.2 Å². The average Bonchev–Trinajstić information content (AvgIpc) is 2.34. The first-order valence-corrected chi connectivity index (χ1v) is 3.04. The van der Waals surface area contributed by atoms with E-state index in [0.717, 1.165) is 5.82 Å². The molecule has 0 fully saturated rings. The lowest BCUT2D eigenvalue weighted by Gasteiger charge is -2.00. The topological polar surface area (TPSA) is 56.7 Å². The molecule has 0 unspecified atom stereocenters. The molecule has 0 amide bonds. The smallest absolute Gasteiger partial charge is 0.135 e. The van der Waals surface area contributed by atoms with Gasteiger partial charge in [0.25, 0.3) is 0 Å². The summed E-state index contributed by atoms with van der Waals surface area (Å²) in [7, 11) is 0. The highest BCUT2D eigenvalue weighted by Crippen LogP contribution is 1.97. The van der Waals surface area contributed by atoms with Crippen molar-refractivity contribution in [3.8, 4) is 0 Å². The Morgan fingerprint density at radius 2 is 2.50 bits per heavy atom. The van der Waals surface area contributed by atoms with Crippen LogP contribution in [0.25, 0.3) is 5.82 Å². The van der Waals surface area contributed by atoms with Crippen LogP contribution in [0.1, 0.15) is 12.7 Å². The van der Waals surface area contributed by atoms with Gasteiger partial charge in [0, 0.05) is 0 Å². The third kappa shape index (κ3) is 1.00. The van der Waals surface area contributed by atoms with Crippen LogP contribution in [0.2, 0.25) is 0 Å². The molecule has 0 radical (unpaired) electrons. The van der Waals surface area contributed by atoms with Crippen LogP contribution < -0.4 is 5.73 Å². The van der Waals surface area contributed by atoms with E-state index in [9.17, 15) is 0 Å². The first kappa shape index (κ1) is 6.80. The van der Waals surface area contributed by atoms with Crippen LogP contribution >= 0.6 is 0 Å². The molecule has 0 atom stereocenters. The van der Waals surface area contributed by atoms with Crippen molar-refractivity contribution in [3.05, 3.63) is 18.2 Å². The van der Waals surface area contributed by atoms with Gasteiger partial charge in [0.2, 0.25) is 0 Å². The Balaban J connectivity index is 3.05. The third-order valence-electron chi connectivity index (χ3n) is 1.29. The molecule has 0 spiro atoms. The highest BCUT2D eigenvalue weighted by molar-refractivity contribution is 5.39. The SMILES string of the molecule is CC=C(N)n1cnnc1C. The molecule has 54 valence electrons. The van der Waals surface area contributed by atoms with Crippen LogP contribution in [-0.4, -0.2) is 14.8 Å². The molecule has 1 rings (SSSR count). The number of allylic oxidation sites excluding steroid dienone is 1. The minimum absolute atomic E-state index is 0.655. The molecule has 0 aliphatic carbocycles. The lowest BCUT2D eigenvalue weighted by molar-refractivity contribution is 0.971. The van der Waals surface area contributed by atoms with Crippen LogP contribution in [0.3, 0.4) is 0 Å². The quantitative estimate of drug-likeness (QED) is 0.609. The van der Waals surface area contributed by atoms with Gasteiger partial charge in [-0.25, -0.2) is 0 Å². The summed E-state index contributed by atoms with van der Waals surface area (Å²) >= 11 is 0. The Morgan fingerprint density at radius 1 is 1.80 bits per heavy atom. The molecule has 0 saturated heterocycles. The Bertz CT molecular complexity index is 248. The van der Waals surface area contributed by atoms with E-state index in [1.807, 2.05) is 13.8 Å². The highest BCUT2D eigenvalue weighted by Gasteiger charge is 1.97. The fourth-order valence-corrected chi connectivity index (χ4v) is 0.685. The van der Waals surface area contributed by atoms with Crippen molar-refractivity contribution >= 4 is 5.82 Å². The van der Waals surface area contributed by atoms with Crippen molar-refractivity contribution in [3.63, 3.8) is 0 Å². The molecule has 1 aromatic heterocycles. The van der Waals surface area contributed by atoms with Gasteiger partial charge in [-0.3, -0.25) is 4.57 Å². The second kappa shape index (κ2) is 2.51. The minimum Gasteiger partial charge on any atom is -0.385 e. The number of nitrogens with zero attached hydrogens (tertiary/aromatic N) is 3. The van der Waals surface area contributed by atoms with Gasteiger partial charge in [0.15, 0.2) is 0 Å². The number of hydrogen-bond donors (Lipinski definition) is 1. The minimum atomic E-state index is 0.655. The third-order valence-corrected chi connectivity index (χ3v) is 1.29. The van der Waals surface area contributed by atoms with Gasteiger partial charge in [0.1, 0.15) is 18.0 Å². The molecule has 4 heteroatoms. The summed E-state index contributed by atoms with van der Waals surface area (Å²) in [5.74, 6) is 1.46. The number of aromatic nitrogens is 3. The van der Waals surface area contributed by atoms with E-state index in [4.69, 9.17) is 5.73 Å². The van der Waals surface area contributed by atoms with Crippen molar-refractivity contribution in [1.82, 2.24) is 14.8 Å². The van der Waals surface area contributed by atoms with Crippen LogP contribution in [0, 0.1) is 6.92 Å². The predicted octanol–water partition coefficient (Wildman–Crippen LogP) is 0.364. The predicted molar refractivity (Wildman–Crippen MR) is 38.9 cm³/mol. The Hall–Kier alpha value is -1.32. The van der Waals surface area contributed by atoms with Crippen LogP contribution in [0.15, 0.2) is 12.4 Å². The van der Waals surface area contributed by atoms with Gasteiger partial charge < -0.3 is 5.73 Å². The summed E-state index contributed by atoms with van der Waals surface area (Å²) in [6, 6.07) is 0. The second-order valence-corrected chi connectivity index (χ2v) is 1.96. The molecule has 2 N–H and O–H groups in total.